The van der Waals surface area contributed by atoms with E-state index in [4.69, 9.17) is 0 Å². The van der Waals surface area contributed by atoms with Gasteiger partial charge in [-0.1, -0.05) is 0 Å². The second kappa shape index (κ2) is 8.54. The molecule has 0 radical (unpaired) electrons. The van der Waals surface area contributed by atoms with Crippen LogP contribution in [0.4, 0.5) is 0 Å². The molecular formula is C20H29F2SiZr. The molecule has 0 bridgehead atoms. The zero-order chi connectivity index (χ0) is 15.1. The topological polar surface area (TPSA) is 0 Å². The molecule has 0 saturated heterocycles. The van der Waals surface area contributed by atoms with Gasteiger partial charge >= 0.3 is 145 Å². The van der Waals surface area contributed by atoms with E-state index in [1.165, 1.54) is 20.1 Å². The second-order valence-corrected chi connectivity index (χ2v) is 28.9. The summed E-state index contributed by atoms with van der Waals surface area (Å²) in [5, 5.41) is 0. The van der Waals surface area contributed by atoms with Crippen molar-refractivity contribution in [1.82, 2.24) is 0 Å². The van der Waals surface area contributed by atoms with Gasteiger partial charge in [-0.05, 0) is 0 Å². The summed E-state index contributed by atoms with van der Waals surface area (Å²) in [5.74, 6) is 3.24. The van der Waals surface area contributed by atoms with Gasteiger partial charge in [0.2, 0.25) is 0 Å². The molecule has 24 heavy (non-hydrogen) atoms. The summed E-state index contributed by atoms with van der Waals surface area (Å²) in [6.07, 6.45) is 25.7. The number of hydrogen-bond acceptors (Lipinski definition) is 0. The Morgan fingerprint density at radius 2 is 1.08 bits per heavy atom. The van der Waals surface area contributed by atoms with Crippen LogP contribution in [-0.4, -0.2) is 5.92 Å². The Morgan fingerprint density at radius 3 is 1.50 bits per heavy atom. The fourth-order valence-electron chi connectivity index (χ4n) is 5.82. The van der Waals surface area contributed by atoms with E-state index in [0.29, 0.717) is 0 Å². The molecule has 0 aromatic heterocycles. The van der Waals surface area contributed by atoms with Crippen LogP contribution in [0.3, 0.4) is 0 Å². The molecule has 4 aliphatic rings. The van der Waals surface area contributed by atoms with Gasteiger partial charge in [-0.3, -0.25) is 0 Å². The number of rotatable bonds is 3. The molecule has 4 rings (SSSR count). The smallest absolute Gasteiger partial charge is 1.00 e. The molecule has 0 aromatic rings. The van der Waals surface area contributed by atoms with Gasteiger partial charge < -0.3 is 9.41 Å². The SMILES string of the molecule is C[SiH](C)[Zr+2]([CH]1CCC2C=CC=CC21)[CH]1CCC2C=CC=CC21.[F-].[F-]. The van der Waals surface area contributed by atoms with Crippen molar-refractivity contribution >= 4 is 5.92 Å². The van der Waals surface area contributed by atoms with Gasteiger partial charge in [-0.15, -0.1) is 0 Å². The van der Waals surface area contributed by atoms with Gasteiger partial charge in [0.05, 0.1) is 0 Å². The number of halogens is 2. The summed E-state index contributed by atoms with van der Waals surface area (Å²) < 4.78 is 2.34. The molecule has 2 saturated carbocycles. The molecule has 4 aliphatic carbocycles. The van der Waals surface area contributed by atoms with Gasteiger partial charge in [0.25, 0.3) is 0 Å². The van der Waals surface area contributed by atoms with Crippen molar-refractivity contribution in [2.24, 2.45) is 23.7 Å². The summed E-state index contributed by atoms with van der Waals surface area (Å²) in [6, 6.07) is 0. The van der Waals surface area contributed by atoms with E-state index < -0.39 is 26.8 Å². The van der Waals surface area contributed by atoms with Crippen molar-refractivity contribution < 1.29 is 30.3 Å². The average Bonchev–Trinajstić information content (AvgIpc) is 3.13. The van der Waals surface area contributed by atoms with Crippen LogP contribution in [0.5, 0.6) is 0 Å². The third-order valence-electron chi connectivity index (χ3n) is 6.67. The standard InChI is InChI=1S/2C9H11.C2H7Si.2FH.Zr/c2*1-2-5-9-7-3-6-8(9)4-1;1-3-2;;;/h2*1-2,4-6,8-9H,3,7H2;3H,1-2H3;2*1H;/q;;;;;+2/p-2. The Bertz CT molecular complexity index is 496. The van der Waals surface area contributed by atoms with Crippen molar-refractivity contribution in [3.05, 3.63) is 48.6 Å². The summed E-state index contributed by atoms with van der Waals surface area (Å²) in [4.78, 5) is 0. The maximum atomic E-state index is 2.71. The van der Waals surface area contributed by atoms with E-state index in [1.807, 2.05) is 0 Å². The van der Waals surface area contributed by atoms with E-state index in [0.717, 1.165) is 23.7 Å². The third kappa shape index (κ3) is 3.56. The molecule has 4 heteroatoms. The Morgan fingerprint density at radius 1 is 0.667 bits per heavy atom. The van der Waals surface area contributed by atoms with Gasteiger partial charge in [0.15, 0.2) is 0 Å². The largest absolute Gasteiger partial charge is 1.00 e. The van der Waals surface area contributed by atoms with Crippen molar-refractivity contribution in [1.29, 1.82) is 0 Å². The van der Waals surface area contributed by atoms with E-state index >= 15 is 0 Å². The summed E-state index contributed by atoms with van der Waals surface area (Å²) in [7, 11) is 0. The summed E-state index contributed by atoms with van der Waals surface area (Å²) in [5.41, 5.74) is 0. The van der Waals surface area contributed by atoms with Gasteiger partial charge in [0, 0.05) is 0 Å². The molecule has 6 unspecified atom stereocenters. The fourth-order valence-corrected chi connectivity index (χ4v) is 32.5. The van der Waals surface area contributed by atoms with Crippen molar-refractivity contribution in [3.63, 3.8) is 0 Å². The molecule has 0 nitrogen and oxygen atoms in total. The van der Waals surface area contributed by atoms with E-state index in [9.17, 15) is 0 Å². The molecule has 0 N–H and O–H groups in total. The van der Waals surface area contributed by atoms with E-state index in [2.05, 4.69) is 61.7 Å². The summed E-state index contributed by atoms with van der Waals surface area (Å²) in [6.45, 7) is 5.42. The van der Waals surface area contributed by atoms with Gasteiger partial charge in [-0.25, -0.2) is 0 Å². The Kier molecular flexibility index (Phi) is 7.20. The van der Waals surface area contributed by atoms with Crippen LogP contribution in [-0.2, 0) is 20.9 Å². The molecule has 2 fully saturated rings. The number of hydrogen-bond donors (Lipinski definition) is 0. The van der Waals surface area contributed by atoms with E-state index in [-0.39, 0.29) is 9.41 Å². The molecule has 131 valence electrons. The second-order valence-electron chi connectivity index (χ2n) is 8.04. The van der Waals surface area contributed by atoms with Crippen LogP contribution in [0.15, 0.2) is 48.6 Å². The van der Waals surface area contributed by atoms with Crippen LogP contribution >= 0.6 is 0 Å². The molecule has 0 amide bonds. The van der Waals surface area contributed by atoms with E-state index in [1.54, 1.807) is 12.8 Å². The molecule has 0 spiro atoms. The maximum absolute atomic E-state index is 2.71. The summed E-state index contributed by atoms with van der Waals surface area (Å²) >= 11 is -1.33. The molecule has 0 aliphatic heterocycles. The van der Waals surface area contributed by atoms with Crippen LogP contribution in [0.25, 0.3) is 0 Å². The first kappa shape index (κ1) is 20.2. The van der Waals surface area contributed by atoms with Crippen LogP contribution in [0.1, 0.15) is 25.7 Å². The Balaban J connectivity index is 0.00000104. The monoisotopic (exact) mass is 425 g/mol. The normalized spacial score (nSPS) is 38.5. The quantitative estimate of drug-likeness (QED) is 0.533. The third-order valence-corrected chi connectivity index (χ3v) is 30.4. The minimum absolute atomic E-state index is 0. The zero-order valence-electron chi connectivity index (χ0n) is 14.7. The minimum Gasteiger partial charge on any atom is -1.00 e. The molecular weight excluding hydrogens is 398 g/mol. The maximum Gasteiger partial charge on any atom is -1.00 e. The van der Waals surface area contributed by atoms with Gasteiger partial charge in [0.1, 0.15) is 0 Å². The zero-order valence-corrected chi connectivity index (χ0v) is 18.4. The number of fused-ring (bicyclic) bond motifs is 2. The van der Waals surface area contributed by atoms with Crippen molar-refractivity contribution in [2.45, 2.75) is 46.0 Å². The Hall–Kier alpha value is -0.0800. The van der Waals surface area contributed by atoms with Crippen LogP contribution in [0.2, 0.25) is 20.3 Å². The molecule has 0 aromatic carbocycles. The minimum atomic E-state index is -1.33. The molecule has 6 atom stereocenters. The van der Waals surface area contributed by atoms with Crippen molar-refractivity contribution in [3.8, 4) is 0 Å². The fraction of sp³-hybridized carbons (Fsp3) is 0.600. The first-order chi connectivity index (χ1) is 10.8. The first-order valence-corrected chi connectivity index (χ1v) is 19.3. The average molecular weight is 427 g/mol. The Labute approximate surface area is 154 Å². The predicted octanol–water partition coefficient (Wildman–Crippen LogP) is -0.523. The van der Waals surface area contributed by atoms with Crippen LogP contribution < -0.4 is 9.41 Å². The number of allylic oxidation sites excluding steroid dienone is 8. The molecule has 0 heterocycles. The van der Waals surface area contributed by atoms with Gasteiger partial charge in [-0.2, -0.15) is 0 Å². The van der Waals surface area contributed by atoms with Crippen molar-refractivity contribution in [2.75, 3.05) is 0 Å². The first-order valence-electron chi connectivity index (χ1n) is 9.32. The predicted molar refractivity (Wildman–Crippen MR) is 95.4 cm³/mol. The van der Waals surface area contributed by atoms with Crippen LogP contribution in [0, 0.1) is 23.7 Å².